The summed E-state index contributed by atoms with van der Waals surface area (Å²) in [5, 5.41) is 3.15. The van der Waals surface area contributed by atoms with Crippen LogP contribution in [0.15, 0.2) is 40.8 Å². The van der Waals surface area contributed by atoms with Crippen molar-refractivity contribution in [1.82, 2.24) is 14.5 Å². The molecule has 0 spiro atoms. The third-order valence-electron chi connectivity index (χ3n) is 5.04. The lowest BCUT2D eigenvalue weighted by Crippen LogP contribution is -2.38. The summed E-state index contributed by atoms with van der Waals surface area (Å²) in [4.78, 5) is 32.9. The molecule has 1 aliphatic rings. The number of thiophene rings is 1. The minimum Gasteiger partial charge on any atom is -0.341 e. The smallest absolute Gasteiger partial charge is 0.263 e. The highest BCUT2D eigenvalue weighted by Gasteiger charge is 2.26. The minimum absolute atomic E-state index is 0.0136. The fraction of sp³-hybridized carbons (Fsp3) is 0.381. The molecule has 0 bridgehead atoms. The number of carbonyl (C=O) groups excluding carboxylic acids is 1. The van der Waals surface area contributed by atoms with E-state index in [1.807, 2.05) is 22.4 Å². The van der Waals surface area contributed by atoms with E-state index in [-0.39, 0.29) is 18.0 Å². The molecule has 2 heterocycles. The number of carbonyl (C=O) groups is 1. The van der Waals surface area contributed by atoms with E-state index < -0.39 is 0 Å². The van der Waals surface area contributed by atoms with Gasteiger partial charge in [0, 0.05) is 29.1 Å². The number of hydrogen-bond donors (Lipinski definition) is 0. The van der Waals surface area contributed by atoms with Gasteiger partial charge in [-0.2, -0.15) is 0 Å². The molecule has 146 valence electrons. The average Bonchev–Trinajstić information content (AvgIpc) is 3.40. The Bertz CT molecular complexity index is 1050. The predicted molar refractivity (Wildman–Crippen MR) is 114 cm³/mol. The quantitative estimate of drug-likeness (QED) is 0.573. The van der Waals surface area contributed by atoms with Gasteiger partial charge in [0.15, 0.2) is 0 Å². The van der Waals surface area contributed by atoms with Gasteiger partial charge < -0.3 is 4.90 Å². The molecule has 1 fully saturated rings. The monoisotopic (exact) mass is 415 g/mol. The summed E-state index contributed by atoms with van der Waals surface area (Å²) in [7, 11) is 0. The van der Waals surface area contributed by atoms with Crippen molar-refractivity contribution in [2.24, 2.45) is 5.92 Å². The third kappa shape index (κ3) is 3.98. The van der Waals surface area contributed by atoms with Gasteiger partial charge >= 0.3 is 0 Å². The first-order valence-electron chi connectivity index (χ1n) is 9.57. The third-order valence-corrected chi connectivity index (χ3v) is 6.18. The molecule has 0 atom stereocenters. The molecule has 0 radical (unpaired) electrons. The Labute approximate surface area is 172 Å². The Morgan fingerprint density at radius 2 is 2.07 bits per heavy atom. The zero-order valence-corrected chi connectivity index (χ0v) is 17.3. The maximum absolute atomic E-state index is 13.1. The van der Waals surface area contributed by atoms with Crippen LogP contribution in [0.25, 0.3) is 21.3 Å². The van der Waals surface area contributed by atoms with Gasteiger partial charge in [0.25, 0.3) is 5.56 Å². The van der Waals surface area contributed by atoms with Gasteiger partial charge in [0.1, 0.15) is 11.4 Å². The first-order chi connectivity index (χ1) is 13.6. The van der Waals surface area contributed by atoms with Crippen LogP contribution in [0, 0.1) is 5.92 Å². The Kier molecular flexibility index (Phi) is 5.51. The van der Waals surface area contributed by atoms with E-state index in [0.717, 1.165) is 30.6 Å². The number of halogens is 1. The van der Waals surface area contributed by atoms with Crippen LogP contribution in [-0.2, 0) is 11.3 Å². The van der Waals surface area contributed by atoms with Crippen LogP contribution < -0.4 is 5.56 Å². The van der Waals surface area contributed by atoms with E-state index >= 15 is 0 Å². The highest BCUT2D eigenvalue weighted by atomic mass is 35.5. The maximum atomic E-state index is 13.1. The standard InChI is InChI=1S/C21H22ClN3O2S/c1-2-9-24(10-14-3-4-14)18(26)11-25-13-23-20-19(21(25)27)17(12-28-20)15-5-7-16(22)8-6-15/h5-8,12-14H,2-4,9-11H2,1H3. The zero-order valence-electron chi connectivity index (χ0n) is 15.7. The van der Waals surface area contributed by atoms with E-state index in [1.54, 1.807) is 12.1 Å². The summed E-state index contributed by atoms with van der Waals surface area (Å²) in [5.74, 6) is 0.612. The molecule has 1 amide bonds. The van der Waals surface area contributed by atoms with Gasteiger partial charge in [-0.1, -0.05) is 30.7 Å². The van der Waals surface area contributed by atoms with E-state index in [2.05, 4.69) is 11.9 Å². The van der Waals surface area contributed by atoms with E-state index in [4.69, 9.17) is 11.6 Å². The molecule has 28 heavy (non-hydrogen) atoms. The van der Waals surface area contributed by atoms with Crippen LogP contribution in [0.1, 0.15) is 26.2 Å². The number of benzene rings is 1. The van der Waals surface area contributed by atoms with Gasteiger partial charge in [-0.15, -0.1) is 11.3 Å². The fourth-order valence-corrected chi connectivity index (χ4v) is 4.40. The molecule has 0 saturated heterocycles. The molecule has 7 heteroatoms. The highest BCUT2D eigenvalue weighted by molar-refractivity contribution is 7.17. The molecular formula is C21H22ClN3O2S. The van der Waals surface area contributed by atoms with Gasteiger partial charge in [0.2, 0.25) is 5.91 Å². The topological polar surface area (TPSA) is 55.2 Å². The molecule has 2 aromatic heterocycles. The van der Waals surface area contributed by atoms with Crippen LogP contribution in [0.2, 0.25) is 5.02 Å². The van der Waals surface area contributed by atoms with E-state index in [0.29, 0.717) is 21.2 Å². The van der Waals surface area contributed by atoms with Crippen molar-refractivity contribution in [2.75, 3.05) is 13.1 Å². The second-order valence-corrected chi connectivity index (χ2v) is 8.59. The molecule has 1 saturated carbocycles. The number of fused-ring (bicyclic) bond motifs is 1. The van der Waals surface area contributed by atoms with Crippen LogP contribution in [-0.4, -0.2) is 33.4 Å². The first kappa shape index (κ1) is 19.2. The Morgan fingerprint density at radius 1 is 1.32 bits per heavy atom. The molecule has 0 unspecified atom stereocenters. The highest BCUT2D eigenvalue weighted by Crippen LogP contribution is 2.31. The van der Waals surface area contributed by atoms with Gasteiger partial charge in [-0.3, -0.25) is 14.2 Å². The predicted octanol–water partition coefficient (Wildman–Crippen LogP) is 4.43. The number of amides is 1. The second kappa shape index (κ2) is 8.05. The summed E-state index contributed by atoms with van der Waals surface area (Å²) in [6.45, 7) is 3.63. The lowest BCUT2D eigenvalue weighted by molar-refractivity contribution is -0.132. The number of aromatic nitrogens is 2. The van der Waals surface area contributed by atoms with Gasteiger partial charge in [-0.25, -0.2) is 4.98 Å². The summed E-state index contributed by atoms with van der Waals surface area (Å²) < 4.78 is 1.44. The van der Waals surface area contributed by atoms with Crippen LogP contribution in [0.5, 0.6) is 0 Å². The molecular weight excluding hydrogens is 394 g/mol. The minimum atomic E-state index is -0.174. The molecule has 1 aliphatic carbocycles. The second-order valence-electron chi connectivity index (χ2n) is 7.30. The normalized spacial score (nSPS) is 13.8. The van der Waals surface area contributed by atoms with Crippen molar-refractivity contribution in [2.45, 2.75) is 32.7 Å². The van der Waals surface area contributed by atoms with E-state index in [1.165, 1.54) is 35.1 Å². The Hall–Kier alpha value is -2.18. The van der Waals surface area contributed by atoms with Crippen molar-refractivity contribution < 1.29 is 4.79 Å². The lowest BCUT2D eigenvalue weighted by atomic mass is 10.1. The average molecular weight is 416 g/mol. The van der Waals surface area contributed by atoms with Crippen LogP contribution in [0.3, 0.4) is 0 Å². The maximum Gasteiger partial charge on any atom is 0.263 e. The first-order valence-corrected chi connectivity index (χ1v) is 10.8. The molecule has 0 aliphatic heterocycles. The van der Waals surface area contributed by atoms with Crippen molar-refractivity contribution in [3.8, 4) is 11.1 Å². The van der Waals surface area contributed by atoms with E-state index in [9.17, 15) is 9.59 Å². The zero-order chi connectivity index (χ0) is 19.7. The van der Waals surface area contributed by atoms with Gasteiger partial charge in [-0.05, 0) is 42.9 Å². The SMILES string of the molecule is CCCN(CC1CC1)C(=O)Cn1cnc2scc(-c3ccc(Cl)cc3)c2c1=O. The molecule has 3 aromatic rings. The number of rotatable bonds is 7. The summed E-state index contributed by atoms with van der Waals surface area (Å²) in [6, 6.07) is 7.40. The Balaban J connectivity index is 1.65. The van der Waals surface area contributed by atoms with Crippen molar-refractivity contribution in [3.05, 3.63) is 51.3 Å². The molecule has 1 aromatic carbocycles. The summed E-state index contributed by atoms with van der Waals surface area (Å²) in [6.07, 6.45) is 4.79. The van der Waals surface area contributed by atoms with Crippen molar-refractivity contribution in [3.63, 3.8) is 0 Å². The van der Waals surface area contributed by atoms with Crippen molar-refractivity contribution in [1.29, 1.82) is 0 Å². The lowest BCUT2D eigenvalue weighted by Gasteiger charge is -2.22. The molecule has 5 nitrogen and oxygen atoms in total. The van der Waals surface area contributed by atoms with Gasteiger partial charge in [0.05, 0.1) is 11.7 Å². The van der Waals surface area contributed by atoms with Crippen LogP contribution >= 0.6 is 22.9 Å². The molecule has 4 rings (SSSR count). The van der Waals surface area contributed by atoms with Crippen molar-refractivity contribution >= 4 is 39.1 Å². The summed E-state index contributed by atoms with van der Waals surface area (Å²) in [5.41, 5.74) is 1.58. The fourth-order valence-electron chi connectivity index (χ4n) is 3.37. The number of hydrogen-bond acceptors (Lipinski definition) is 4. The number of nitrogens with zero attached hydrogens (tertiary/aromatic N) is 3. The summed E-state index contributed by atoms with van der Waals surface area (Å²) >= 11 is 7.42. The molecule has 0 N–H and O–H groups in total. The Morgan fingerprint density at radius 3 is 2.75 bits per heavy atom. The largest absolute Gasteiger partial charge is 0.341 e. The van der Waals surface area contributed by atoms with Crippen LogP contribution in [0.4, 0.5) is 0 Å².